The summed E-state index contributed by atoms with van der Waals surface area (Å²) in [5.74, 6) is 0.0225. The molecule has 1 aliphatic rings. The highest BCUT2D eigenvalue weighted by Crippen LogP contribution is 2.34. The van der Waals surface area contributed by atoms with Crippen LogP contribution in [0.15, 0.2) is 18.2 Å². The average Bonchev–Trinajstić information content (AvgIpc) is 3.18. The van der Waals surface area contributed by atoms with Crippen LogP contribution in [-0.4, -0.2) is 34.9 Å². The fraction of sp³-hybridized carbons (Fsp3) is 0.368. The molecular formula is C19H22N2O6. The third-order valence-electron chi connectivity index (χ3n) is 4.41. The minimum Gasteiger partial charge on any atom is -0.454 e. The molecule has 3 rings (SSSR count). The summed E-state index contributed by atoms with van der Waals surface area (Å²) in [6.07, 6.45) is -1.73. The van der Waals surface area contributed by atoms with Gasteiger partial charge in [-0.05, 0) is 45.4 Å². The summed E-state index contributed by atoms with van der Waals surface area (Å²) >= 11 is 0. The van der Waals surface area contributed by atoms with Crippen molar-refractivity contribution in [2.24, 2.45) is 0 Å². The zero-order valence-corrected chi connectivity index (χ0v) is 15.6. The molecule has 0 saturated carbocycles. The van der Waals surface area contributed by atoms with E-state index in [0.717, 1.165) is 0 Å². The van der Waals surface area contributed by atoms with Gasteiger partial charge in [0.2, 0.25) is 6.79 Å². The quantitative estimate of drug-likeness (QED) is 0.694. The van der Waals surface area contributed by atoms with Crippen molar-refractivity contribution >= 4 is 17.6 Å². The molecule has 1 aromatic carbocycles. The number of anilines is 1. The molecule has 27 heavy (non-hydrogen) atoms. The van der Waals surface area contributed by atoms with Crippen molar-refractivity contribution < 1.29 is 28.9 Å². The van der Waals surface area contributed by atoms with Gasteiger partial charge in [0, 0.05) is 23.0 Å². The van der Waals surface area contributed by atoms with Crippen LogP contribution < -0.4 is 14.8 Å². The summed E-state index contributed by atoms with van der Waals surface area (Å²) in [7, 11) is 0. The Balaban J connectivity index is 1.66. The number of hydrogen-bond acceptors (Lipinski definition) is 6. The number of carbonyl (C=O) groups is 2. The van der Waals surface area contributed by atoms with E-state index in [4.69, 9.17) is 14.2 Å². The van der Waals surface area contributed by atoms with E-state index < -0.39 is 24.1 Å². The molecule has 0 fully saturated rings. The van der Waals surface area contributed by atoms with Gasteiger partial charge < -0.3 is 29.6 Å². The number of H-pyrrole nitrogens is 1. The molecule has 8 heteroatoms. The second-order valence-electron chi connectivity index (χ2n) is 6.44. The SMILES string of the molecule is Cc1[nH]c(C(=O)O[C@H](C)C(=O)Nc2ccc3c(c2)OCO3)c(C)c1[C@H](C)O. The van der Waals surface area contributed by atoms with E-state index in [1.54, 1.807) is 39.0 Å². The molecule has 0 radical (unpaired) electrons. The van der Waals surface area contributed by atoms with Crippen LogP contribution >= 0.6 is 0 Å². The van der Waals surface area contributed by atoms with Crippen LogP contribution in [0.2, 0.25) is 0 Å². The largest absolute Gasteiger partial charge is 0.454 e. The van der Waals surface area contributed by atoms with Crippen molar-refractivity contribution in [3.8, 4) is 11.5 Å². The standard InChI is InChI=1S/C19H22N2O6/c1-9-16(11(3)22)10(2)20-17(9)19(24)27-12(4)18(23)21-13-5-6-14-15(7-13)26-8-25-14/h5-7,11-12,20,22H,8H2,1-4H3,(H,21,23)/t11-,12+/m0/s1. The number of nitrogens with one attached hydrogen (secondary N) is 2. The number of fused-ring (bicyclic) bond motifs is 1. The lowest BCUT2D eigenvalue weighted by Gasteiger charge is -2.14. The Bertz CT molecular complexity index is 887. The van der Waals surface area contributed by atoms with E-state index in [9.17, 15) is 14.7 Å². The number of hydrogen-bond donors (Lipinski definition) is 3. The highest BCUT2D eigenvalue weighted by Gasteiger charge is 2.25. The lowest BCUT2D eigenvalue weighted by atomic mass is 10.1. The molecule has 144 valence electrons. The third kappa shape index (κ3) is 3.75. The molecule has 0 saturated heterocycles. The molecule has 3 N–H and O–H groups in total. The minimum absolute atomic E-state index is 0.143. The molecule has 1 amide bonds. The fourth-order valence-electron chi connectivity index (χ4n) is 3.09. The van der Waals surface area contributed by atoms with Crippen LogP contribution in [0.25, 0.3) is 0 Å². The summed E-state index contributed by atoms with van der Waals surface area (Å²) in [6.45, 7) is 6.74. The number of ether oxygens (including phenoxy) is 3. The first kappa shape index (κ1) is 18.8. The zero-order chi connectivity index (χ0) is 19.7. The van der Waals surface area contributed by atoms with Crippen molar-refractivity contribution in [3.05, 3.63) is 40.7 Å². The van der Waals surface area contributed by atoms with Crippen molar-refractivity contribution in [2.45, 2.75) is 39.9 Å². The Morgan fingerprint density at radius 2 is 1.93 bits per heavy atom. The molecule has 2 atom stereocenters. The third-order valence-corrected chi connectivity index (χ3v) is 4.41. The number of aryl methyl sites for hydroxylation is 1. The molecular weight excluding hydrogens is 352 g/mol. The lowest BCUT2D eigenvalue weighted by Crippen LogP contribution is -2.30. The molecule has 1 aromatic heterocycles. The molecule has 0 bridgehead atoms. The van der Waals surface area contributed by atoms with Crippen molar-refractivity contribution in [3.63, 3.8) is 0 Å². The number of aromatic nitrogens is 1. The van der Waals surface area contributed by atoms with Gasteiger partial charge in [-0.25, -0.2) is 4.79 Å². The summed E-state index contributed by atoms with van der Waals surface area (Å²) in [5, 5.41) is 12.5. The van der Waals surface area contributed by atoms with Gasteiger partial charge in [-0.2, -0.15) is 0 Å². The Kier molecular flexibility index (Phi) is 5.09. The van der Waals surface area contributed by atoms with E-state index in [1.165, 1.54) is 6.92 Å². The smallest absolute Gasteiger partial charge is 0.355 e. The van der Waals surface area contributed by atoms with Gasteiger partial charge in [0.1, 0.15) is 5.69 Å². The van der Waals surface area contributed by atoms with Crippen molar-refractivity contribution in [2.75, 3.05) is 12.1 Å². The van der Waals surface area contributed by atoms with Crippen molar-refractivity contribution in [1.29, 1.82) is 0 Å². The number of carbonyl (C=O) groups excluding carboxylic acids is 2. The maximum absolute atomic E-state index is 12.4. The number of aromatic amines is 1. The molecule has 2 aromatic rings. The fourth-order valence-corrected chi connectivity index (χ4v) is 3.09. The Hall–Kier alpha value is -3.00. The van der Waals surface area contributed by atoms with Crippen molar-refractivity contribution in [1.82, 2.24) is 4.98 Å². The van der Waals surface area contributed by atoms with Crippen LogP contribution in [0.1, 0.15) is 47.3 Å². The predicted molar refractivity (Wildman–Crippen MR) is 97.0 cm³/mol. The highest BCUT2D eigenvalue weighted by molar-refractivity contribution is 5.97. The van der Waals surface area contributed by atoms with E-state index in [2.05, 4.69) is 10.3 Å². The maximum atomic E-state index is 12.4. The first-order valence-corrected chi connectivity index (χ1v) is 8.56. The first-order valence-electron chi connectivity index (χ1n) is 8.56. The highest BCUT2D eigenvalue weighted by atomic mass is 16.7. The molecule has 0 aliphatic carbocycles. The average molecular weight is 374 g/mol. The van der Waals surface area contributed by atoms with Gasteiger partial charge in [-0.1, -0.05) is 0 Å². The first-order chi connectivity index (χ1) is 12.8. The van der Waals surface area contributed by atoms with Gasteiger partial charge in [0.05, 0.1) is 6.10 Å². The monoisotopic (exact) mass is 374 g/mol. The second kappa shape index (κ2) is 7.32. The number of benzene rings is 1. The van der Waals surface area contributed by atoms with E-state index >= 15 is 0 Å². The van der Waals surface area contributed by atoms with Gasteiger partial charge >= 0.3 is 5.97 Å². The van der Waals surface area contributed by atoms with E-state index in [-0.39, 0.29) is 12.5 Å². The van der Waals surface area contributed by atoms with Gasteiger partial charge in [0.25, 0.3) is 5.91 Å². The van der Waals surface area contributed by atoms with Crippen LogP contribution in [0.4, 0.5) is 5.69 Å². The van der Waals surface area contributed by atoms with E-state index in [1.807, 2.05) is 0 Å². The number of aliphatic hydroxyl groups excluding tert-OH is 1. The topological polar surface area (TPSA) is 110 Å². The second-order valence-corrected chi connectivity index (χ2v) is 6.44. The zero-order valence-electron chi connectivity index (χ0n) is 15.6. The summed E-state index contributed by atoms with van der Waals surface area (Å²) in [6, 6.07) is 5.01. The molecule has 1 aliphatic heterocycles. The van der Waals surface area contributed by atoms with Crippen LogP contribution in [0.5, 0.6) is 11.5 Å². The maximum Gasteiger partial charge on any atom is 0.355 e. The van der Waals surface area contributed by atoms with Gasteiger partial charge in [-0.15, -0.1) is 0 Å². The van der Waals surface area contributed by atoms with E-state index in [0.29, 0.717) is 34.0 Å². The Morgan fingerprint density at radius 1 is 1.22 bits per heavy atom. The summed E-state index contributed by atoms with van der Waals surface area (Å²) in [5.41, 5.74) is 2.68. The molecule has 0 unspecified atom stereocenters. The predicted octanol–water partition coefficient (Wildman–Crippen LogP) is 2.60. The normalized spacial score (nSPS) is 14.6. The number of aliphatic hydroxyl groups is 1. The minimum atomic E-state index is -1.01. The number of rotatable bonds is 5. The van der Waals surface area contributed by atoms with Crippen LogP contribution in [-0.2, 0) is 9.53 Å². The lowest BCUT2D eigenvalue weighted by molar-refractivity contribution is -0.123. The Labute approximate surface area is 156 Å². The molecule has 2 heterocycles. The van der Waals surface area contributed by atoms with Crippen LogP contribution in [0.3, 0.4) is 0 Å². The Morgan fingerprint density at radius 3 is 2.59 bits per heavy atom. The number of esters is 1. The molecule has 0 spiro atoms. The van der Waals surface area contributed by atoms with Crippen LogP contribution in [0, 0.1) is 13.8 Å². The van der Waals surface area contributed by atoms with Gasteiger partial charge in [0.15, 0.2) is 17.6 Å². The number of amides is 1. The van der Waals surface area contributed by atoms with Gasteiger partial charge in [-0.3, -0.25) is 4.79 Å². The summed E-state index contributed by atoms with van der Waals surface area (Å²) < 4.78 is 15.8. The summed E-state index contributed by atoms with van der Waals surface area (Å²) in [4.78, 5) is 27.7. The molecule has 8 nitrogen and oxygen atoms in total.